The smallest absolute Gasteiger partial charge is 0.257 e. The zero-order chi connectivity index (χ0) is 16.1. The number of nitrogens with zero attached hydrogens (tertiary/aromatic N) is 3. The van der Waals surface area contributed by atoms with Crippen molar-refractivity contribution in [3.05, 3.63) is 12.4 Å². The van der Waals surface area contributed by atoms with E-state index in [0.29, 0.717) is 11.9 Å². The number of likely N-dealkylation sites (tertiary alicyclic amines) is 1. The van der Waals surface area contributed by atoms with Crippen LogP contribution in [0, 0.1) is 5.92 Å². The summed E-state index contributed by atoms with van der Waals surface area (Å²) in [5.74, 6) is 2.36. The topological polar surface area (TPSA) is 50.3 Å². The molecule has 0 bridgehead atoms. The summed E-state index contributed by atoms with van der Waals surface area (Å²) in [6.45, 7) is 7.71. The Morgan fingerprint density at radius 2 is 1.83 bits per heavy atom. The van der Waals surface area contributed by atoms with Gasteiger partial charge in [-0.2, -0.15) is 0 Å². The van der Waals surface area contributed by atoms with Crippen LogP contribution in [0.5, 0.6) is 5.88 Å². The molecule has 5 heteroatoms. The summed E-state index contributed by atoms with van der Waals surface area (Å²) in [7, 11) is 0. The molecule has 2 aliphatic rings. The second kappa shape index (κ2) is 7.95. The summed E-state index contributed by atoms with van der Waals surface area (Å²) in [4.78, 5) is 11.4. The number of hydrogen-bond acceptors (Lipinski definition) is 5. The number of rotatable bonds is 6. The molecule has 23 heavy (non-hydrogen) atoms. The van der Waals surface area contributed by atoms with Crippen LogP contribution < -0.4 is 10.1 Å². The molecule has 0 unspecified atom stereocenters. The first kappa shape index (κ1) is 16.5. The number of piperidine rings is 1. The van der Waals surface area contributed by atoms with E-state index in [1.165, 1.54) is 58.2 Å². The van der Waals surface area contributed by atoms with Crippen molar-refractivity contribution in [1.29, 1.82) is 0 Å². The lowest BCUT2D eigenvalue weighted by atomic mass is 10.0. The van der Waals surface area contributed by atoms with Crippen LogP contribution in [0.25, 0.3) is 0 Å². The van der Waals surface area contributed by atoms with Crippen LogP contribution in [0.3, 0.4) is 0 Å². The quantitative estimate of drug-likeness (QED) is 0.872. The average Bonchev–Trinajstić information content (AvgIpc) is 3.04. The molecule has 0 amide bonds. The summed E-state index contributed by atoms with van der Waals surface area (Å²) >= 11 is 0. The van der Waals surface area contributed by atoms with E-state index in [1.807, 2.05) is 13.8 Å². The average molecular weight is 318 g/mol. The Hall–Kier alpha value is -1.36. The first-order valence-corrected chi connectivity index (χ1v) is 9.17. The van der Waals surface area contributed by atoms with Crippen molar-refractivity contribution in [1.82, 2.24) is 14.9 Å². The maximum atomic E-state index is 5.75. The van der Waals surface area contributed by atoms with Gasteiger partial charge in [-0.3, -0.25) is 0 Å². The Labute approximate surface area is 139 Å². The van der Waals surface area contributed by atoms with Gasteiger partial charge in [0.2, 0.25) is 0 Å². The van der Waals surface area contributed by atoms with Crippen LogP contribution in [0.1, 0.15) is 52.4 Å². The zero-order valence-corrected chi connectivity index (χ0v) is 14.5. The first-order valence-electron chi connectivity index (χ1n) is 9.17. The van der Waals surface area contributed by atoms with Gasteiger partial charge >= 0.3 is 0 Å². The van der Waals surface area contributed by atoms with Crippen molar-refractivity contribution in [3.8, 4) is 5.88 Å². The Morgan fingerprint density at radius 3 is 2.52 bits per heavy atom. The lowest BCUT2D eigenvalue weighted by molar-refractivity contribution is 0.188. The van der Waals surface area contributed by atoms with Gasteiger partial charge in [0.1, 0.15) is 0 Å². The van der Waals surface area contributed by atoms with E-state index in [4.69, 9.17) is 4.74 Å². The third-order valence-electron chi connectivity index (χ3n) is 4.93. The van der Waals surface area contributed by atoms with Crippen LogP contribution in [-0.2, 0) is 0 Å². The summed E-state index contributed by atoms with van der Waals surface area (Å²) in [6.07, 6.45) is 11.6. The molecule has 1 N–H and O–H groups in total. The molecule has 0 aromatic carbocycles. The van der Waals surface area contributed by atoms with Crippen molar-refractivity contribution in [2.45, 2.75) is 64.5 Å². The van der Waals surface area contributed by atoms with E-state index >= 15 is 0 Å². The highest BCUT2D eigenvalue weighted by molar-refractivity contribution is 5.45. The first-order chi connectivity index (χ1) is 11.2. The van der Waals surface area contributed by atoms with Gasteiger partial charge in [-0.05, 0) is 45.4 Å². The van der Waals surface area contributed by atoms with Crippen molar-refractivity contribution in [3.63, 3.8) is 0 Å². The fourth-order valence-corrected chi connectivity index (χ4v) is 3.75. The van der Waals surface area contributed by atoms with Crippen molar-refractivity contribution in [2.75, 3.05) is 25.0 Å². The third kappa shape index (κ3) is 4.80. The van der Waals surface area contributed by atoms with E-state index in [2.05, 4.69) is 20.2 Å². The van der Waals surface area contributed by atoms with Gasteiger partial charge in [0, 0.05) is 38.1 Å². The number of hydrogen-bond donors (Lipinski definition) is 1. The second-order valence-corrected chi connectivity index (χ2v) is 7.25. The molecule has 0 spiro atoms. The fourth-order valence-electron chi connectivity index (χ4n) is 3.75. The van der Waals surface area contributed by atoms with Gasteiger partial charge in [0.05, 0.1) is 6.10 Å². The van der Waals surface area contributed by atoms with Gasteiger partial charge in [0.25, 0.3) is 5.88 Å². The molecule has 1 aliphatic heterocycles. The Balaban J connectivity index is 1.48. The Bertz CT molecular complexity index is 480. The lowest BCUT2D eigenvalue weighted by Crippen LogP contribution is -2.41. The zero-order valence-electron chi connectivity index (χ0n) is 14.5. The molecule has 5 nitrogen and oxygen atoms in total. The number of aromatic nitrogens is 2. The molecular weight excluding hydrogens is 288 g/mol. The van der Waals surface area contributed by atoms with Gasteiger partial charge in [0.15, 0.2) is 5.82 Å². The molecule has 1 aromatic rings. The Morgan fingerprint density at radius 1 is 1.13 bits per heavy atom. The third-order valence-corrected chi connectivity index (χ3v) is 4.93. The van der Waals surface area contributed by atoms with E-state index < -0.39 is 0 Å². The van der Waals surface area contributed by atoms with Crippen LogP contribution in [0.2, 0.25) is 0 Å². The molecule has 0 atom stereocenters. The molecular formula is C18H30N4O. The molecule has 1 saturated carbocycles. The molecule has 1 saturated heterocycles. The molecule has 0 radical (unpaired) electrons. The van der Waals surface area contributed by atoms with E-state index in [-0.39, 0.29) is 6.10 Å². The monoisotopic (exact) mass is 318 g/mol. The molecule has 1 aliphatic carbocycles. The standard InChI is InChI=1S/C18H30N4O/c1-14(2)23-18-17(19-9-10-20-18)21-16-7-11-22(12-8-16)13-15-5-3-4-6-15/h9-10,14-16H,3-8,11-13H2,1-2H3,(H,19,21). The lowest BCUT2D eigenvalue weighted by Gasteiger charge is -2.34. The van der Waals surface area contributed by atoms with E-state index in [9.17, 15) is 0 Å². The number of anilines is 1. The summed E-state index contributed by atoms with van der Waals surface area (Å²) < 4.78 is 5.75. The largest absolute Gasteiger partial charge is 0.472 e. The van der Waals surface area contributed by atoms with E-state index in [1.54, 1.807) is 12.4 Å². The molecule has 128 valence electrons. The maximum absolute atomic E-state index is 5.75. The minimum atomic E-state index is 0.112. The summed E-state index contributed by atoms with van der Waals surface area (Å²) in [5, 5.41) is 3.54. The highest BCUT2D eigenvalue weighted by atomic mass is 16.5. The van der Waals surface area contributed by atoms with Crippen LogP contribution in [-0.4, -0.2) is 46.6 Å². The summed E-state index contributed by atoms with van der Waals surface area (Å²) in [5.41, 5.74) is 0. The van der Waals surface area contributed by atoms with Crippen molar-refractivity contribution in [2.24, 2.45) is 5.92 Å². The van der Waals surface area contributed by atoms with Crippen molar-refractivity contribution >= 4 is 5.82 Å². The molecule has 2 heterocycles. The van der Waals surface area contributed by atoms with E-state index in [0.717, 1.165) is 11.7 Å². The minimum absolute atomic E-state index is 0.112. The van der Waals surface area contributed by atoms with Crippen LogP contribution in [0.4, 0.5) is 5.82 Å². The molecule has 2 fully saturated rings. The van der Waals surface area contributed by atoms with Crippen LogP contribution >= 0.6 is 0 Å². The van der Waals surface area contributed by atoms with Gasteiger partial charge < -0.3 is 15.0 Å². The Kier molecular flexibility index (Phi) is 5.70. The number of ether oxygens (including phenoxy) is 1. The second-order valence-electron chi connectivity index (χ2n) is 7.25. The van der Waals surface area contributed by atoms with Crippen molar-refractivity contribution < 1.29 is 4.74 Å². The predicted octanol–water partition coefficient (Wildman–Crippen LogP) is 3.33. The minimum Gasteiger partial charge on any atom is -0.472 e. The van der Waals surface area contributed by atoms with Gasteiger partial charge in [-0.25, -0.2) is 9.97 Å². The molecule has 3 rings (SSSR count). The predicted molar refractivity (Wildman–Crippen MR) is 92.8 cm³/mol. The highest BCUT2D eigenvalue weighted by Crippen LogP contribution is 2.27. The highest BCUT2D eigenvalue weighted by Gasteiger charge is 2.24. The van der Waals surface area contributed by atoms with Gasteiger partial charge in [-0.1, -0.05) is 12.8 Å². The maximum Gasteiger partial charge on any atom is 0.257 e. The fraction of sp³-hybridized carbons (Fsp3) is 0.778. The number of nitrogens with one attached hydrogen (secondary N) is 1. The summed E-state index contributed by atoms with van der Waals surface area (Å²) in [6, 6.07) is 0.473. The van der Waals surface area contributed by atoms with Gasteiger partial charge in [-0.15, -0.1) is 0 Å². The van der Waals surface area contributed by atoms with Crippen LogP contribution in [0.15, 0.2) is 12.4 Å². The normalized spacial score (nSPS) is 21.0. The molecule has 1 aromatic heterocycles. The SMILES string of the molecule is CC(C)Oc1nccnc1NC1CCN(CC2CCCC2)CC1.